The lowest BCUT2D eigenvalue weighted by Crippen LogP contribution is -2.40. The fraction of sp³-hybridized carbons (Fsp3) is 0.467. The number of amides is 2. The predicted molar refractivity (Wildman–Crippen MR) is 85.0 cm³/mol. The number of carbonyl (C=O) groups is 2. The number of hydrogen-bond donors (Lipinski definition) is 3. The molecule has 1 aliphatic carbocycles. The van der Waals surface area contributed by atoms with Crippen molar-refractivity contribution in [2.24, 2.45) is 11.7 Å². The third-order valence-electron chi connectivity index (χ3n) is 4.16. The Kier molecular flexibility index (Phi) is 5.15. The van der Waals surface area contributed by atoms with E-state index >= 15 is 0 Å². The van der Waals surface area contributed by atoms with Crippen molar-refractivity contribution in [3.8, 4) is 0 Å². The largest absolute Gasteiger partial charge is 0.376 e. The molecule has 1 saturated carbocycles. The van der Waals surface area contributed by atoms with Crippen LogP contribution in [0.5, 0.6) is 0 Å². The molecule has 1 aromatic carbocycles. The summed E-state index contributed by atoms with van der Waals surface area (Å²) >= 11 is 0. The molecule has 0 saturated heterocycles. The van der Waals surface area contributed by atoms with Crippen LogP contribution < -0.4 is 16.4 Å². The molecule has 0 heterocycles. The topological polar surface area (TPSA) is 127 Å². The first-order chi connectivity index (χ1) is 10.9. The van der Waals surface area contributed by atoms with E-state index in [0.29, 0.717) is 12.1 Å². The number of anilines is 1. The zero-order chi connectivity index (χ0) is 17.0. The van der Waals surface area contributed by atoms with Crippen molar-refractivity contribution in [1.29, 1.82) is 0 Å². The fourth-order valence-corrected chi connectivity index (χ4v) is 2.93. The number of rotatable bonds is 5. The van der Waals surface area contributed by atoms with E-state index in [1.54, 1.807) is 0 Å². The molecular formula is C15H20N4O4. The molecule has 8 heteroatoms. The van der Waals surface area contributed by atoms with Crippen molar-refractivity contribution in [3.63, 3.8) is 0 Å². The van der Waals surface area contributed by atoms with Crippen molar-refractivity contribution >= 4 is 23.2 Å². The zero-order valence-corrected chi connectivity index (χ0v) is 12.9. The minimum absolute atomic E-state index is 0.195. The highest BCUT2D eigenvalue weighted by atomic mass is 16.6. The van der Waals surface area contributed by atoms with E-state index in [2.05, 4.69) is 10.6 Å². The predicted octanol–water partition coefficient (Wildman–Crippen LogP) is 1.41. The van der Waals surface area contributed by atoms with E-state index in [0.717, 1.165) is 19.3 Å². The van der Waals surface area contributed by atoms with Gasteiger partial charge in [0.15, 0.2) is 0 Å². The number of nitro benzene ring substituents is 1. The van der Waals surface area contributed by atoms with Gasteiger partial charge in [-0.1, -0.05) is 12.8 Å². The molecule has 1 aliphatic rings. The number of benzene rings is 1. The molecule has 0 aromatic heterocycles. The van der Waals surface area contributed by atoms with Crippen LogP contribution in [0.25, 0.3) is 0 Å². The van der Waals surface area contributed by atoms with E-state index in [4.69, 9.17) is 5.73 Å². The molecule has 2 amide bonds. The van der Waals surface area contributed by atoms with E-state index in [1.165, 1.54) is 25.2 Å². The maximum absolute atomic E-state index is 11.6. The second kappa shape index (κ2) is 7.08. The molecule has 0 bridgehead atoms. The number of carbonyl (C=O) groups excluding carboxylic acids is 2. The van der Waals surface area contributed by atoms with Crippen molar-refractivity contribution in [3.05, 3.63) is 33.9 Å². The summed E-state index contributed by atoms with van der Waals surface area (Å²) in [6.07, 6.45) is 3.26. The smallest absolute Gasteiger partial charge is 0.293 e. The zero-order valence-electron chi connectivity index (χ0n) is 12.9. The van der Waals surface area contributed by atoms with Crippen LogP contribution in [0, 0.1) is 16.0 Å². The Bertz CT molecular complexity index is 632. The van der Waals surface area contributed by atoms with Gasteiger partial charge in [-0.2, -0.15) is 0 Å². The lowest BCUT2D eigenvalue weighted by atomic mass is 9.84. The molecule has 2 rings (SSSR count). The maximum Gasteiger partial charge on any atom is 0.293 e. The average molecular weight is 320 g/mol. The van der Waals surface area contributed by atoms with Gasteiger partial charge in [-0.15, -0.1) is 0 Å². The van der Waals surface area contributed by atoms with E-state index in [1.807, 2.05) is 0 Å². The van der Waals surface area contributed by atoms with Crippen LogP contribution in [0.3, 0.4) is 0 Å². The van der Waals surface area contributed by atoms with Gasteiger partial charge in [-0.25, -0.2) is 0 Å². The molecular weight excluding hydrogens is 300 g/mol. The van der Waals surface area contributed by atoms with Crippen LogP contribution >= 0.6 is 0 Å². The van der Waals surface area contributed by atoms with Gasteiger partial charge in [0.1, 0.15) is 5.69 Å². The molecule has 23 heavy (non-hydrogen) atoms. The van der Waals surface area contributed by atoms with Gasteiger partial charge in [0, 0.05) is 24.7 Å². The number of nitrogens with one attached hydrogen (secondary N) is 2. The summed E-state index contributed by atoms with van der Waals surface area (Å²) in [5.74, 6) is -1.14. The molecule has 1 aromatic rings. The number of nitrogens with zero attached hydrogens (tertiary/aromatic N) is 1. The minimum atomic E-state index is -0.545. The summed E-state index contributed by atoms with van der Waals surface area (Å²) in [4.78, 5) is 33.9. The third kappa shape index (κ3) is 3.77. The van der Waals surface area contributed by atoms with Gasteiger partial charge in [-0.3, -0.25) is 19.7 Å². The normalized spacial score (nSPS) is 20.6. The number of hydrogen-bond acceptors (Lipinski definition) is 5. The van der Waals surface area contributed by atoms with Crippen LogP contribution in [-0.4, -0.2) is 29.8 Å². The third-order valence-corrected chi connectivity index (χ3v) is 4.16. The summed E-state index contributed by atoms with van der Waals surface area (Å²) in [6.45, 7) is 0. The molecule has 2 unspecified atom stereocenters. The van der Waals surface area contributed by atoms with Gasteiger partial charge in [0.2, 0.25) is 5.91 Å². The lowest BCUT2D eigenvalue weighted by Gasteiger charge is -2.30. The SMILES string of the molecule is CNC(=O)c1ccc(NC2CCCCC2C(N)=O)c([N+](=O)[O-])c1. The van der Waals surface area contributed by atoms with Gasteiger partial charge in [-0.05, 0) is 25.0 Å². The van der Waals surface area contributed by atoms with Crippen LogP contribution in [0.4, 0.5) is 11.4 Å². The molecule has 0 radical (unpaired) electrons. The highest BCUT2D eigenvalue weighted by Crippen LogP contribution is 2.31. The second-order valence-corrected chi connectivity index (χ2v) is 5.61. The highest BCUT2D eigenvalue weighted by Gasteiger charge is 2.31. The molecule has 1 fully saturated rings. The van der Waals surface area contributed by atoms with Crippen LogP contribution in [0.15, 0.2) is 18.2 Å². The van der Waals surface area contributed by atoms with Gasteiger partial charge in [0.25, 0.3) is 11.6 Å². The van der Waals surface area contributed by atoms with E-state index < -0.39 is 16.7 Å². The fourth-order valence-electron chi connectivity index (χ4n) is 2.93. The quantitative estimate of drug-likeness (QED) is 0.558. The Hall–Kier alpha value is -2.64. The number of nitro groups is 1. The summed E-state index contributed by atoms with van der Waals surface area (Å²) in [5, 5.41) is 16.8. The lowest BCUT2D eigenvalue weighted by molar-refractivity contribution is -0.384. The highest BCUT2D eigenvalue weighted by molar-refractivity contribution is 5.95. The summed E-state index contributed by atoms with van der Waals surface area (Å²) in [5.41, 5.74) is 5.73. The molecule has 0 aliphatic heterocycles. The van der Waals surface area contributed by atoms with Crippen LogP contribution in [0.2, 0.25) is 0 Å². The van der Waals surface area contributed by atoms with Crippen molar-refractivity contribution in [2.75, 3.05) is 12.4 Å². The minimum Gasteiger partial charge on any atom is -0.376 e. The first-order valence-corrected chi connectivity index (χ1v) is 7.50. The van der Waals surface area contributed by atoms with Gasteiger partial charge >= 0.3 is 0 Å². The number of nitrogens with two attached hydrogens (primary N) is 1. The molecule has 2 atom stereocenters. The van der Waals surface area contributed by atoms with Crippen molar-refractivity contribution < 1.29 is 14.5 Å². The summed E-state index contributed by atoms with van der Waals surface area (Å²) < 4.78 is 0. The molecule has 8 nitrogen and oxygen atoms in total. The Morgan fingerprint density at radius 1 is 1.30 bits per heavy atom. The maximum atomic E-state index is 11.6. The Balaban J connectivity index is 2.29. The Labute approximate surface area is 133 Å². The summed E-state index contributed by atoms with van der Waals surface area (Å²) in [6, 6.07) is 4.00. The second-order valence-electron chi connectivity index (χ2n) is 5.61. The van der Waals surface area contributed by atoms with Crippen molar-refractivity contribution in [1.82, 2.24) is 5.32 Å². The average Bonchev–Trinajstić information content (AvgIpc) is 2.54. The Morgan fingerprint density at radius 2 is 2.00 bits per heavy atom. The summed E-state index contributed by atoms with van der Waals surface area (Å²) in [7, 11) is 1.46. The first kappa shape index (κ1) is 16.7. The first-order valence-electron chi connectivity index (χ1n) is 7.50. The molecule has 0 spiro atoms. The van der Waals surface area contributed by atoms with E-state index in [9.17, 15) is 19.7 Å². The molecule has 124 valence electrons. The van der Waals surface area contributed by atoms with E-state index in [-0.39, 0.29) is 23.2 Å². The van der Waals surface area contributed by atoms with Crippen LogP contribution in [0.1, 0.15) is 36.0 Å². The Morgan fingerprint density at radius 3 is 2.61 bits per heavy atom. The standard InChI is InChI=1S/C15H20N4O4/c1-17-15(21)9-6-7-12(13(8-9)19(22)23)18-11-5-3-2-4-10(11)14(16)20/h6-8,10-11,18H,2-5H2,1H3,(H2,16,20)(H,17,21). The number of primary amides is 1. The van der Waals surface area contributed by atoms with Gasteiger partial charge < -0.3 is 16.4 Å². The molecule has 4 N–H and O–H groups in total. The van der Waals surface area contributed by atoms with Crippen LogP contribution in [-0.2, 0) is 4.79 Å². The monoisotopic (exact) mass is 320 g/mol. The van der Waals surface area contributed by atoms with Crippen molar-refractivity contribution in [2.45, 2.75) is 31.7 Å². The van der Waals surface area contributed by atoms with Gasteiger partial charge in [0.05, 0.1) is 10.8 Å².